The fourth-order valence-electron chi connectivity index (χ4n) is 1.69. The Bertz CT molecular complexity index is 670. The van der Waals surface area contributed by atoms with E-state index in [1.54, 1.807) is 32.0 Å². The molecule has 4 nitrogen and oxygen atoms in total. The summed E-state index contributed by atoms with van der Waals surface area (Å²) in [4.78, 5) is 24.0. The molecule has 0 saturated heterocycles. The Labute approximate surface area is 102 Å². The quantitative estimate of drug-likeness (QED) is 0.868. The van der Waals surface area contributed by atoms with Crippen LogP contribution in [0.15, 0.2) is 33.9 Å². The van der Waals surface area contributed by atoms with Crippen LogP contribution in [0.4, 0.5) is 0 Å². The van der Waals surface area contributed by atoms with E-state index in [1.807, 2.05) is 6.07 Å². The van der Waals surface area contributed by atoms with Gasteiger partial charge in [-0.25, -0.2) is 0 Å². The van der Waals surface area contributed by atoms with E-state index in [9.17, 15) is 9.59 Å². The zero-order valence-electron chi connectivity index (χ0n) is 9.77. The summed E-state index contributed by atoms with van der Waals surface area (Å²) >= 11 is 1.08. The second-order valence-electron chi connectivity index (χ2n) is 4.52. The molecule has 0 aliphatic carbocycles. The molecule has 2 rings (SSSR count). The third kappa shape index (κ3) is 1.92. The van der Waals surface area contributed by atoms with Crippen LogP contribution in [0.1, 0.15) is 13.8 Å². The molecule has 0 aliphatic rings. The van der Waals surface area contributed by atoms with Crippen LogP contribution in [0, 0.1) is 0 Å². The molecule has 0 fully saturated rings. The van der Waals surface area contributed by atoms with E-state index >= 15 is 0 Å². The highest BCUT2D eigenvalue weighted by Crippen LogP contribution is 2.14. The molecular formula is C12H14N2O2S. The van der Waals surface area contributed by atoms with E-state index in [0.29, 0.717) is 10.1 Å². The van der Waals surface area contributed by atoms with Gasteiger partial charge in [0.1, 0.15) is 0 Å². The van der Waals surface area contributed by atoms with Crippen molar-refractivity contribution in [2.24, 2.45) is 5.73 Å². The predicted molar refractivity (Wildman–Crippen MR) is 70.7 cm³/mol. The van der Waals surface area contributed by atoms with Gasteiger partial charge in [0.05, 0.1) is 10.9 Å². The number of nitrogens with two attached hydrogens (primary N) is 1. The maximum atomic E-state index is 12.3. The maximum Gasteiger partial charge on any atom is 0.311 e. The van der Waals surface area contributed by atoms with Crippen molar-refractivity contribution in [3.8, 4) is 0 Å². The van der Waals surface area contributed by atoms with E-state index in [1.165, 1.54) is 4.57 Å². The Hall–Kier alpha value is -1.46. The molecule has 0 unspecified atom stereocenters. The van der Waals surface area contributed by atoms with Crippen LogP contribution in [0.25, 0.3) is 10.1 Å². The van der Waals surface area contributed by atoms with Gasteiger partial charge in [0.25, 0.3) is 5.56 Å². The van der Waals surface area contributed by atoms with Gasteiger partial charge in [-0.1, -0.05) is 23.5 Å². The summed E-state index contributed by atoms with van der Waals surface area (Å²) in [6.07, 6.45) is 0. The topological polar surface area (TPSA) is 65.1 Å². The first-order valence-electron chi connectivity index (χ1n) is 5.33. The van der Waals surface area contributed by atoms with Crippen molar-refractivity contribution in [3.05, 3.63) is 44.3 Å². The third-order valence-corrected chi connectivity index (χ3v) is 3.74. The largest absolute Gasteiger partial charge is 0.328 e. The first-order chi connectivity index (χ1) is 7.97. The Balaban J connectivity index is 2.92. The van der Waals surface area contributed by atoms with Gasteiger partial charge in [-0.3, -0.25) is 14.2 Å². The van der Waals surface area contributed by atoms with Crippen LogP contribution in [-0.2, 0) is 5.54 Å². The van der Waals surface area contributed by atoms with E-state index in [0.717, 1.165) is 11.3 Å². The molecule has 90 valence electrons. The maximum absolute atomic E-state index is 12.3. The lowest BCUT2D eigenvalue weighted by Crippen LogP contribution is -2.48. The molecule has 17 heavy (non-hydrogen) atoms. The molecule has 5 heteroatoms. The van der Waals surface area contributed by atoms with Gasteiger partial charge in [-0.15, -0.1) is 0 Å². The van der Waals surface area contributed by atoms with E-state index in [2.05, 4.69) is 0 Å². The number of hydrogen-bond donors (Lipinski definition) is 1. The number of aromatic nitrogens is 1. The normalized spacial score (nSPS) is 11.9. The summed E-state index contributed by atoms with van der Waals surface area (Å²) in [7, 11) is 0. The third-order valence-electron chi connectivity index (χ3n) is 2.81. The summed E-state index contributed by atoms with van der Waals surface area (Å²) < 4.78 is 1.96. The second-order valence-corrected chi connectivity index (χ2v) is 5.51. The first kappa shape index (κ1) is 12.0. The number of fused-ring (bicyclic) bond motifs is 1. The molecule has 0 atom stereocenters. The van der Waals surface area contributed by atoms with Gasteiger partial charge in [-0.2, -0.15) is 0 Å². The Morgan fingerprint density at radius 2 is 1.94 bits per heavy atom. The highest BCUT2D eigenvalue weighted by atomic mass is 32.1. The Morgan fingerprint density at radius 1 is 1.29 bits per heavy atom. The molecular weight excluding hydrogens is 236 g/mol. The smallest absolute Gasteiger partial charge is 0.311 e. The lowest BCUT2D eigenvalue weighted by molar-refractivity contribution is 0.352. The molecule has 2 N–H and O–H groups in total. The standard InChI is InChI=1S/C12H14N2O2S/c1-12(2,7-13)14-10(15)8-5-3-4-6-9(8)17-11(14)16/h3-6H,7,13H2,1-2H3. The molecule has 0 saturated carbocycles. The number of benzene rings is 1. The lowest BCUT2D eigenvalue weighted by atomic mass is 10.1. The van der Waals surface area contributed by atoms with Crippen LogP contribution in [0.2, 0.25) is 0 Å². The average Bonchev–Trinajstić information content (AvgIpc) is 2.28. The molecule has 0 radical (unpaired) electrons. The fraction of sp³-hybridized carbons (Fsp3) is 0.333. The Kier molecular flexibility index (Phi) is 2.89. The molecule has 1 heterocycles. The van der Waals surface area contributed by atoms with Crippen molar-refractivity contribution in [3.63, 3.8) is 0 Å². The van der Waals surface area contributed by atoms with Crippen LogP contribution in [0.5, 0.6) is 0 Å². The van der Waals surface area contributed by atoms with Gasteiger partial charge >= 0.3 is 4.87 Å². The zero-order valence-corrected chi connectivity index (χ0v) is 10.6. The van der Waals surface area contributed by atoms with Crippen LogP contribution >= 0.6 is 11.3 Å². The van der Waals surface area contributed by atoms with Gasteiger partial charge in [0, 0.05) is 11.2 Å². The van der Waals surface area contributed by atoms with Crippen LogP contribution < -0.4 is 16.2 Å². The van der Waals surface area contributed by atoms with Gasteiger partial charge in [0.2, 0.25) is 0 Å². The minimum atomic E-state index is -0.658. The number of nitrogens with zero attached hydrogens (tertiary/aromatic N) is 1. The van der Waals surface area contributed by atoms with E-state index in [-0.39, 0.29) is 17.0 Å². The Morgan fingerprint density at radius 3 is 2.59 bits per heavy atom. The van der Waals surface area contributed by atoms with E-state index in [4.69, 9.17) is 5.73 Å². The summed E-state index contributed by atoms with van der Waals surface area (Å²) in [6, 6.07) is 7.12. The number of hydrogen-bond acceptors (Lipinski definition) is 4. The van der Waals surface area contributed by atoms with Crippen molar-refractivity contribution in [2.45, 2.75) is 19.4 Å². The van der Waals surface area contributed by atoms with Crippen molar-refractivity contribution in [2.75, 3.05) is 6.54 Å². The summed E-state index contributed by atoms with van der Waals surface area (Å²) in [5.41, 5.74) is 4.70. The fourth-order valence-corrected chi connectivity index (χ4v) is 2.71. The highest BCUT2D eigenvalue weighted by molar-refractivity contribution is 7.16. The first-order valence-corrected chi connectivity index (χ1v) is 6.14. The molecule has 1 aromatic carbocycles. The molecule has 2 aromatic rings. The van der Waals surface area contributed by atoms with Gasteiger partial charge in [0.15, 0.2) is 0 Å². The van der Waals surface area contributed by atoms with Gasteiger partial charge < -0.3 is 5.73 Å². The van der Waals surface area contributed by atoms with Gasteiger partial charge in [-0.05, 0) is 26.0 Å². The summed E-state index contributed by atoms with van der Waals surface area (Å²) in [5, 5.41) is 0.568. The minimum absolute atomic E-state index is 0.243. The zero-order chi connectivity index (χ0) is 12.6. The summed E-state index contributed by atoms with van der Waals surface area (Å²) in [5.74, 6) is 0. The minimum Gasteiger partial charge on any atom is -0.328 e. The molecule has 0 amide bonds. The predicted octanol–water partition coefficient (Wildman–Crippen LogP) is 1.12. The van der Waals surface area contributed by atoms with Crippen molar-refractivity contribution < 1.29 is 0 Å². The van der Waals surface area contributed by atoms with Crippen molar-refractivity contribution in [1.82, 2.24) is 4.57 Å². The van der Waals surface area contributed by atoms with Crippen molar-refractivity contribution >= 4 is 21.4 Å². The molecule has 0 aliphatic heterocycles. The van der Waals surface area contributed by atoms with E-state index < -0.39 is 5.54 Å². The van der Waals surface area contributed by atoms with Crippen LogP contribution in [0.3, 0.4) is 0 Å². The highest BCUT2D eigenvalue weighted by Gasteiger charge is 2.23. The second kappa shape index (κ2) is 4.09. The summed E-state index contributed by atoms with van der Waals surface area (Å²) in [6.45, 7) is 3.82. The SMILES string of the molecule is CC(C)(CN)n1c(=O)sc2ccccc2c1=O. The molecule has 0 bridgehead atoms. The number of rotatable bonds is 2. The molecule has 1 aromatic heterocycles. The van der Waals surface area contributed by atoms with Crippen molar-refractivity contribution in [1.29, 1.82) is 0 Å². The van der Waals surface area contributed by atoms with Crippen LogP contribution in [-0.4, -0.2) is 11.1 Å². The molecule has 0 spiro atoms. The monoisotopic (exact) mass is 250 g/mol. The average molecular weight is 250 g/mol. The lowest BCUT2D eigenvalue weighted by Gasteiger charge is -2.24.